The van der Waals surface area contributed by atoms with Gasteiger partial charge in [-0.15, -0.1) is 0 Å². The average molecular weight is 341 g/mol. The third-order valence-corrected chi connectivity index (χ3v) is 5.04. The Morgan fingerprint density at radius 1 is 1.22 bits per heavy atom. The highest BCUT2D eigenvalue weighted by Crippen LogP contribution is 2.17. The molecule has 0 unspecified atom stereocenters. The minimum absolute atomic E-state index is 0.0107. The molecule has 0 aliphatic rings. The standard InChI is InChI=1S/C16H27N3O3S/c1-11(2)14(17)15(20)18-10-12-8-6-7-9-13(12)23(21,22)19-16(3,4)5/h6-9,11,14,19H,10,17H2,1-5H3,(H,18,20)/t14-/m0/s1. The van der Waals surface area contributed by atoms with Gasteiger partial charge in [-0.3, -0.25) is 4.79 Å². The van der Waals surface area contributed by atoms with E-state index in [1.165, 1.54) is 6.07 Å². The van der Waals surface area contributed by atoms with Crippen LogP contribution in [0.3, 0.4) is 0 Å². The maximum atomic E-state index is 12.5. The summed E-state index contributed by atoms with van der Waals surface area (Å²) in [5, 5.41) is 2.70. The summed E-state index contributed by atoms with van der Waals surface area (Å²) in [6, 6.07) is 5.98. The topological polar surface area (TPSA) is 101 Å². The second-order valence-corrected chi connectivity index (χ2v) is 8.60. The van der Waals surface area contributed by atoms with Crippen molar-refractivity contribution < 1.29 is 13.2 Å². The van der Waals surface area contributed by atoms with Crippen LogP contribution in [-0.4, -0.2) is 25.9 Å². The normalized spacial score (nSPS) is 13.9. The zero-order valence-electron chi connectivity index (χ0n) is 14.4. The first-order valence-electron chi connectivity index (χ1n) is 7.59. The molecule has 23 heavy (non-hydrogen) atoms. The Morgan fingerprint density at radius 3 is 2.30 bits per heavy atom. The van der Waals surface area contributed by atoms with E-state index >= 15 is 0 Å². The summed E-state index contributed by atoms with van der Waals surface area (Å²) in [6.07, 6.45) is 0. The highest BCUT2D eigenvalue weighted by Gasteiger charge is 2.24. The molecule has 1 amide bonds. The lowest BCUT2D eigenvalue weighted by Crippen LogP contribution is -2.44. The van der Waals surface area contributed by atoms with Crippen molar-refractivity contribution in [3.8, 4) is 0 Å². The van der Waals surface area contributed by atoms with Gasteiger partial charge in [0, 0.05) is 12.1 Å². The van der Waals surface area contributed by atoms with Crippen LogP contribution in [0.25, 0.3) is 0 Å². The maximum Gasteiger partial charge on any atom is 0.241 e. The van der Waals surface area contributed by atoms with Crippen molar-refractivity contribution in [2.45, 2.75) is 57.6 Å². The molecule has 0 aromatic heterocycles. The van der Waals surface area contributed by atoms with Crippen molar-refractivity contribution in [3.05, 3.63) is 29.8 Å². The lowest BCUT2D eigenvalue weighted by atomic mass is 10.0. The molecule has 1 aromatic carbocycles. The quantitative estimate of drug-likeness (QED) is 0.727. The Bertz CT molecular complexity index is 649. The smallest absolute Gasteiger partial charge is 0.241 e. The third-order valence-electron chi connectivity index (χ3n) is 3.18. The summed E-state index contributed by atoms with van der Waals surface area (Å²) >= 11 is 0. The second-order valence-electron chi connectivity index (χ2n) is 6.95. The number of amides is 1. The summed E-state index contributed by atoms with van der Waals surface area (Å²) in [5.74, 6) is -0.285. The Hall–Kier alpha value is -1.44. The first-order chi connectivity index (χ1) is 10.4. The summed E-state index contributed by atoms with van der Waals surface area (Å²) in [7, 11) is -3.67. The van der Waals surface area contributed by atoms with Gasteiger partial charge in [-0.1, -0.05) is 32.0 Å². The summed E-state index contributed by atoms with van der Waals surface area (Å²) in [5.41, 5.74) is 5.72. The fourth-order valence-electron chi connectivity index (χ4n) is 1.97. The van der Waals surface area contributed by atoms with Crippen molar-refractivity contribution in [1.29, 1.82) is 0 Å². The number of sulfonamides is 1. The Morgan fingerprint density at radius 2 is 1.78 bits per heavy atom. The molecule has 0 heterocycles. The van der Waals surface area contributed by atoms with Gasteiger partial charge in [0.05, 0.1) is 10.9 Å². The van der Waals surface area contributed by atoms with Crippen molar-refractivity contribution >= 4 is 15.9 Å². The highest BCUT2D eigenvalue weighted by molar-refractivity contribution is 7.89. The molecule has 0 fully saturated rings. The molecule has 0 spiro atoms. The monoisotopic (exact) mass is 341 g/mol. The van der Waals surface area contributed by atoms with E-state index in [0.717, 1.165) is 0 Å². The van der Waals surface area contributed by atoms with E-state index in [9.17, 15) is 13.2 Å². The molecule has 1 aromatic rings. The molecule has 0 bridgehead atoms. The molecular formula is C16H27N3O3S. The fourth-order valence-corrected chi connectivity index (χ4v) is 3.63. The van der Waals surface area contributed by atoms with Gasteiger partial charge in [-0.2, -0.15) is 0 Å². The van der Waals surface area contributed by atoms with E-state index in [1.807, 2.05) is 13.8 Å². The molecule has 1 atom stereocenters. The van der Waals surface area contributed by atoms with E-state index in [0.29, 0.717) is 5.56 Å². The van der Waals surface area contributed by atoms with Gasteiger partial charge in [-0.05, 0) is 38.3 Å². The molecular weight excluding hydrogens is 314 g/mol. The molecule has 0 saturated heterocycles. The third kappa shape index (κ3) is 5.93. The van der Waals surface area contributed by atoms with Crippen LogP contribution < -0.4 is 15.8 Å². The fraction of sp³-hybridized carbons (Fsp3) is 0.562. The highest BCUT2D eigenvalue weighted by atomic mass is 32.2. The summed E-state index contributed by atoms with van der Waals surface area (Å²) in [4.78, 5) is 12.1. The van der Waals surface area contributed by atoms with Crippen LogP contribution >= 0.6 is 0 Å². The van der Waals surface area contributed by atoms with Crippen molar-refractivity contribution in [2.75, 3.05) is 0 Å². The Kier molecular flexibility index (Phi) is 6.33. The largest absolute Gasteiger partial charge is 0.351 e. The number of nitrogens with two attached hydrogens (primary N) is 1. The average Bonchev–Trinajstić information content (AvgIpc) is 2.41. The van der Waals surface area contributed by atoms with Gasteiger partial charge in [0.1, 0.15) is 0 Å². The first-order valence-corrected chi connectivity index (χ1v) is 9.07. The Balaban J connectivity index is 2.97. The van der Waals surface area contributed by atoms with Gasteiger partial charge in [0.2, 0.25) is 15.9 Å². The van der Waals surface area contributed by atoms with Gasteiger partial charge in [0.25, 0.3) is 0 Å². The molecule has 0 radical (unpaired) electrons. The van der Waals surface area contributed by atoms with E-state index < -0.39 is 21.6 Å². The number of carbonyl (C=O) groups is 1. The van der Waals surface area contributed by atoms with Gasteiger partial charge in [0.15, 0.2) is 0 Å². The van der Waals surface area contributed by atoms with Crippen LogP contribution in [0.2, 0.25) is 0 Å². The number of nitrogens with one attached hydrogen (secondary N) is 2. The predicted octanol–water partition coefficient (Wildman–Crippen LogP) is 1.36. The zero-order valence-corrected chi connectivity index (χ0v) is 15.2. The molecule has 6 nitrogen and oxygen atoms in total. The zero-order chi connectivity index (χ0) is 17.8. The van der Waals surface area contributed by atoms with E-state index in [4.69, 9.17) is 5.73 Å². The lowest BCUT2D eigenvalue weighted by molar-refractivity contribution is -0.123. The summed E-state index contributed by atoms with van der Waals surface area (Å²) in [6.45, 7) is 9.15. The van der Waals surface area contributed by atoms with Crippen LogP contribution in [0.15, 0.2) is 29.2 Å². The van der Waals surface area contributed by atoms with Crippen LogP contribution in [0.4, 0.5) is 0 Å². The molecule has 0 aliphatic carbocycles. The molecule has 7 heteroatoms. The lowest BCUT2D eigenvalue weighted by Gasteiger charge is -2.22. The SMILES string of the molecule is CC(C)[C@H](N)C(=O)NCc1ccccc1S(=O)(=O)NC(C)(C)C. The summed E-state index contributed by atoms with van der Waals surface area (Å²) < 4.78 is 27.6. The van der Waals surface area contributed by atoms with Gasteiger partial charge in [-0.25, -0.2) is 13.1 Å². The number of hydrogen-bond donors (Lipinski definition) is 3. The molecule has 0 saturated carbocycles. The number of carbonyl (C=O) groups excluding carboxylic acids is 1. The molecule has 4 N–H and O–H groups in total. The van der Waals surface area contributed by atoms with Crippen LogP contribution in [0.5, 0.6) is 0 Å². The van der Waals surface area contributed by atoms with E-state index in [2.05, 4.69) is 10.0 Å². The number of hydrogen-bond acceptors (Lipinski definition) is 4. The molecule has 0 aliphatic heterocycles. The first kappa shape index (κ1) is 19.6. The maximum absolute atomic E-state index is 12.5. The van der Waals surface area contributed by atoms with E-state index in [-0.39, 0.29) is 23.3 Å². The predicted molar refractivity (Wildman–Crippen MR) is 91.2 cm³/mol. The number of benzene rings is 1. The van der Waals surface area contributed by atoms with Crippen LogP contribution in [0.1, 0.15) is 40.2 Å². The molecule has 1 rings (SSSR count). The van der Waals surface area contributed by atoms with Crippen LogP contribution in [0, 0.1) is 5.92 Å². The van der Waals surface area contributed by atoms with Crippen LogP contribution in [-0.2, 0) is 21.4 Å². The Labute approximate surface area is 138 Å². The van der Waals surface area contributed by atoms with E-state index in [1.54, 1.807) is 39.0 Å². The minimum Gasteiger partial charge on any atom is -0.351 e. The van der Waals surface area contributed by atoms with Gasteiger partial charge < -0.3 is 11.1 Å². The van der Waals surface area contributed by atoms with Crippen molar-refractivity contribution in [2.24, 2.45) is 11.7 Å². The molecule has 130 valence electrons. The van der Waals surface area contributed by atoms with Crippen molar-refractivity contribution in [3.63, 3.8) is 0 Å². The number of rotatable bonds is 6. The van der Waals surface area contributed by atoms with Crippen molar-refractivity contribution in [1.82, 2.24) is 10.0 Å². The second kappa shape index (κ2) is 7.42. The van der Waals surface area contributed by atoms with Gasteiger partial charge >= 0.3 is 0 Å². The minimum atomic E-state index is -3.67.